The second-order valence-electron chi connectivity index (χ2n) is 7.24. The van der Waals surface area contributed by atoms with Crippen molar-refractivity contribution in [1.82, 2.24) is 9.21 Å². The summed E-state index contributed by atoms with van der Waals surface area (Å²) in [4.78, 5) is 14.2. The van der Waals surface area contributed by atoms with Crippen molar-refractivity contribution >= 4 is 23.0 Å². The summed E-state index contributed by atoms with van der Waals surface area (Å²) >= 11 is -2.14. The van der Waals surface area contributed by atoms with Gasteiger partial charge < -0.3 is 14.8 Å². The zero-order valence-corrected chi connectivity index (χ0v) is 16.1. The molecule has 1 fully saturated rings. The van der Waals surface area contributed by atoms with Crippen molar-refractivity contribution in [3.8, 4) is 0 Å². The van der Waals surface area contributed by atoms with Crippen molar-refractivity contribution in [2.45, 2.75) is 31.8 Å². The van der Waals surface area contributed by atoms with Crippen molar-refractivity contribution < 1.29 is 17.9 Å². The molecule has 0 aliphatic carbocycles. The number of anilines is 1. The fourth-order valence-corrected chi connectivity index (χ4v) is 4.40. The van der Waals surface area contributed by atoms with Gasteiger partial charge >= 0.3 is 6.03 Å². The monoisotopic (exact) mass is 402 g/mol. The van der Waals surface area contributed by atoms with Gasteiger partial charge in [-0.1, -0.05) is 18.2 Å². The Hall–Kier alpha value is -2.29. The molecular weight excluding hydrogens is 381 g/mol. The summed E-state index contributed by atoms with van der Waals surface area (Å²) in [6, 6.07) is 12.1. The number of piperidine rings is 1. The first-order valence-corrected chi connectivity index (χ1v) is 10.3. The minimum Gasteiger partial charge on any atom is -0.760 e. The van der Waals surface area contributed by atoms with Gasteiger partial charge in [0.05, 0.1) is 0 Å². The third-order valence-electron chi connectivity index (χ3n) is 5.48. The van der Waals surface area contributed by atoms with Crippen LogP contribution in [0, 0.1) is 5.82 Å². The highest BCUT2D eigenvalue weighted by Crippen LogP contribution is 2.29. The van der Waals surface area contributed by atoms with Crippen molar-refractivity contribution in [1.29, 1.82) is 0 Å². The highest BCUT2D eigenvalue weighted by molar-refractivity contribution is 7.76. The maximum atomic E-state index is 13.3. The Labute approximate surface area is 165 Å². The topological polar surface area (TPSA) is 75.7 Å². The molecule has 1 N–H and O–H groups in total. The second kappa shape index (κ2) is 7.98. The molecule has 148 valence electrons. The molecule has 2 aromatic carbocycles. The van der Waals surface area contributed by atoms with Gasteiger partial charge in [-0.2, -0.15) is 0 Å². The van der Waals surface area contributed by atoms with E-state index in [1.165, 1.54) is 16.4 Å². The van der Waals surface area contributed by atoms with Crippen molar-refractivity contribution in [2.24, 2.45) is 0 Å². The van der Waals surface area contributed by atoms with E-state index in [-0.39, 0.29) is 11.8 Å². The molecular formula is C20H21FN3O3S-. The van der Waals surface area contributed by atoms with Crippen LogP contribution in [0.2, 0.25) is 0 Å². The lowest BCUT2D eigenvalue weighted by molar-refractivity contribution is 0.212. The maximum Gasteiger partial charge on any atom is 0.322 e. The standard InChI is InChI=1S/C20H22FN3O3S/c21-18-4-1-16-12-23(13-17(16)11-18)20(25)22-19-5-2-14(3-6-19)15-7-9-24(10-8-15)28(26)27/h1-6,11,15H,7-10,12-13H2,(H,22,25)(H,26,27)/p-1. The minimum absolute atomic E-state index is 0.212. The first-order chi connectivity index (χ1) is 13.5. The van der Waals surface area contributed by atoms with Gasteiger partial charge in [0, 0.05) is 43.1 Å². The Morgan fingerprint density at radius 1 is 1.07 bits per heavy atom. The molecule has 2 aromatic rings. The summed E-state index contributed by atoms with van der Waals surface area (Å²) < 4.78 is 36.8. The van der Waals surface area contributed by atoms with E-state index < -0.39 is 11.3 Å². The van der Waals surface area contributed by atoms with Crippen LogP contribution in [-0.4, -0.2) is 37.1 Å². The number of urea groups is 1. The SMILES string of the molecule is O=C(Nc1ccc(C2CCN(S(=O)[O-])CC2)cc1)N1Cc2ccc(F)cc2C1. The van der Waals surface area contributed by atoms with Crippen LogP contribution in [0.15, 0.2) is 42.5 Å². The molecule has 6 nitrogen and oxygen atoms in total. The Balaban J connectivity index is 1.34. The number of carbonyl (C=O) groups is 1. The van der Waals surface area contributed by atoms with Gasteiger partial charge in [-0.3, -0.25) is 4.21 Å². The zero-order chi connectivity index (χ0) is 19.7. The fraction of sp³-hybridized carbons (Fsp3) is 0.350. The molecule has 0 saturated carbocycles. The van der Waals surface area contributed by atoms with Crippen LogP contribution in [0.3, 0.4) is 0 Å². The Kier molecular flexibility index (Phi) is 5.43. The molecule has 8 heteroatoms. The van der Waals surface area contributed by atoms with Gasteiger partial charge in [0.2, 0.25) is 0 Å². The van der Waals surface area contributed by atoms with Gasteiger partial charge in [-0.05, 0) is 59.7 Å². The Morgan fingerprint density at radius 3 is 2.43 bits per heavy atom. The van der Waals surface area contributed by atoms with Gasteiger partial charge in [0.25, 0.3) is 0 Å². The zero-order valence-electron chi connectivity index (χ0n) is 15.3. The minimum atomic E-state index is -2.14. The molecule has 0 radical (unpaired) electrons. The second-order valence-corrected chi connectivity index (χ2v) is 8.19. The predicted octanol–water partition coefficient (Wildman–Crippen LogP) is 3.35. The molecule has 2 amide bonds. The van der Waals surface area contributed by atoms with Crippen LogP contribution >= 0.6 is 0 Å². The largest absolute Gasteiger partial charge is 0.760 e. The average molecular weight is 402 g/mol. The number of hydrogen-bond donors (Lipinski definition) is 1. The van der Waals surface area contributed by atoms with E-state index in [2.05, 4.69) is 5.32 Å². The average Bonchev–Trinajstić information content (AvgIpc) is 3.12. The van der Waals surface area contributed by atoms with E-state index in [0.717, 1.165) is 29.5 Å². The smallest absolute Gasteiger partial charge is 0.322 e. The summed E-state index contributed by atoms with van der Waals surface area (Å²) in [5.41, 5.74) is 3.67. The van der Waals surface area contributed by atoms with E-state index in [0.29, 0.717) is 37.8 Å². The van der Waals surface area contributed by atoms with Gasteiger partial charge in [0.1, 0.15) is 5.82 Å². The highest BCUT2D eigenvalue weighted by atomic mass is 32.2. The van der Waals surface area contributed by atoms with E-state index in [9.17, 15) is 17.9 Å². The molecule has 1 atom stereocenters. The molecule has 0 aromatic heterocycles. The number of fused-ring (bicyclic) bond motifs is 1. The van der Waals surface area contributed by atoms with E-state index >= 15 is 0 Å². The number of halogens is 1. The number of nitrogens with one attached hydrogen (secondary N) is 1. The first-order valence-electron chi connectivity index (χ1n) is 9.27. The number of nitrogens with zero attached hydrogens (tertiary/aromatic N) is 2. The van der Waals surface area contributed by atoms with Crippen LogP contribution in [0.5, 0.6) is 0 Å². The molecule has 28 heavy (non-hydrogen) atoms. The van der Waals surface area contributed by atoms with Crippen molar-refractivity contribution in [3.05, 3.63) is 65.0 Å². The van der Waals surface area contributed by atoms with Crippen molar-refractivity contribution in [2.75, 3.05) is 18.4 Å². The van der Waals surface area contributed by atoms with Crippen LogP contribution in [0.1, 0.15) is 35.4 Å². The third-order valence-corrected chi connectivity index (χ3v) is 6.26. The van der Waals surface area contributed by atoms with E-state index in [4.69, 9.17) is 0 Å². The number of hydrogen-bond acceptors (Lipinski definition) is 3. The molecule has 2 heterocycles. The number of rotatable bonds is 3. The van der Waals surface area contributed by atoms with Crippen molar-refractivity contribution in [3.63, 3.8) is 0 Å². The normalized spacial score (nSPS) is 18.7. The maximum absolute atomic E-state index is 13.3. The lowest BCUT2D eigenvalue weighted by Gasteiger charge is -2.32. The van der Waals surface area contributed by atoms with Gasteiger partial charge in [-0.25, -0.2) is 13.5 Å². The summed E-state index contributed by atoms with van der Waals surface area (Å²) in [6.45, 7) is 1.95. The molecule has 1 saturated heterocycles. The third kappa shape index (κ3) is 4.09. The fourth-order valence-electron chi connectivity index (χ4n) is 3.89. The molecule has 0 bridgehead atoms. The van der Waals surface area contributed by atoms with Crippen LogP contribution in [0.25, 0.3) is 0 Å². The summed E-state index contributed by atoms with van der Waals surface area (Å²) in [5.74, 6) is 0.0384. The van der Waals surface area contributed by atoms with E-state index in [1.807, 2.05) is 24.3 Å². The summed E-state index contributed by atoms with van der Waals surface area (Å²) in [5, 5.41) is 2.89. The van der Waals surface area contributed by atoms with Crippen LogP contribution < -0.4 is 5.32 Å². The number of amides is 2. The molecule has 4 rings (SSSR count). The Bertz CT molecular complexity index is 898. The molecule has 2 aliphatic rings. The first kappa shape index (κ1) is 19.0. The predicted molar refractivity (Wildman–Crippen MR) is 104 cm³/mol. The van der Waals surface area contributed by atoms with E-state index in [1.54, 1.807) is 11.0 Å². The lowest BCUT2D eigenvalue weighted by Crippen LogP contribution is -2.34. The number of carbonyl (C=O) groups excluding carboxylic acids is 1. The Morgan fingerprint density at radius 2 is 1.75 bits per heavy atom. The van der Waals surface area contributed by atoms with Crippen LogP contribution in [0.4, 0.5) is 14.9 Å². The highest BCUT2D eigenvalue weighted by Gasteiger charge is 2.24. The molecule has 0 spiro atoms. The lowest BCUT2D eigenvalue weighted by atomic mass is 9.90. The van der Waals surface area contributed by atoms with Gasteiger partial charge in [-0.15, -0.1) is 0 Å². The number of benzene rings is 2. The summed E-state index contributed by atoms with van der Waals surface area (Å²) in [6.07, 6.45) is 1.59. The quantitative estimate of drug-likeness (QED) is 0.800. The van der Waals surface area contributed by atoms with Gasteiger partial charge in [0.15, 0.2) is 0 Å². The molecule has 1 unspecified atom stereocenters. The van der Waals surface area contributed by atoms with Crippen LogP contribution in [-0.2, 0) is 24.4 Å². The summed E-state index contributed by atoms with van der Waals surface area (Å²) in [7, 11) is 0. The molecule has 2 aliphatic heterocycles.